The monoisotopic (exact) mass is 424 g/mol. The second kappa shape index (κ2) is 7.21. The number of ether oxygens (including phenoxy) is 1. The summed E-state index contributed by atoms with van der Waals surface area (Å²) in [5.74, 6) is -0.463. The molecule has 0 spiro atoms. The fraction of sp³-hybridized carbons (Fsp3) is 0.389. The van der Waals surface area contributed by atoms with Gasteiger partial charge >= 0.3 is 5.97 Å². The van der Waals surface area contributed by atoms with Gasteiger partial charge in [-0.3, -0.25) is 4.79 Å². The fourth-order valence-corrected chi connectivity index (χ4v) is 4.62. The van der Waals surface area contributed by atoms with Crippen LogP contribution in [0.25, 0.3) is 10.9 Å². The molecule has 4 rings (SSSR count). The maximum absolute atomic E-state index is 15.0. The van der Waals surface area contributed by atoms with Gasteiger partial charge in [0.2, 0.25) is 0 Å². The van der Waals surface area contributed by atoms with Crippen molar-refractivity contribution in [2.75, 3.05) is 25.1 Å². The Hall–Kier alpha value is -2.39. The number of halogens is 2. The molecule has 0 aromatic carbocycles. The van der Waals surface area contributed by atoms with Crippen LogP contribution in [0.2, 0.25) is 5.02 Å². The lowest BCUT2D eigenvalue weighted by molar-refractivity contribution is 0.0606. The molecule has 4 heterocycles. The van der Waals surface area contributed by atoms with Crippen LogP contribution in [0.3, 0.4) is 0 Å². The van der Waals surface area contributed by atoms with E-state index in [-0.39, 0.29) is 12.1 Å². The molecule has 2 unspecified atom stereocenters. The van der Waals surface area contributed by atoms with Crippen molar-refractivity contribution in [1.29, 1.82) is 0 Å². The molecule has 1 saturated heterocycles. The largest absolute Gasteiger partial charge is 0.465 e. The molecule has 1 N–H and O–H groups in total. The molecule has 7 nitrogen and oxygen atoms in total. The van der Waals surface area contributed by atoms with E-state index >= 15 is 4.39 Å². The number of aromatic nitrogens is 3. The Bertz CT molecular complexity index is 1110. The summed E-state index contributed by atoms with van der Waals surface area (Å²) >= 11 is 7.37. The maximum atomic E-state index is 15.0. The summed E-state index contributed by atoms with van der Waals surface area (Å²) in [6.45, 7) is 2.40. The first-order chi connectivity index (χ1) is 13.4. The number of nitrogens with one attached hydrogen (secondary N) is 1. The van der Waals surface area contributed by atoms with Crippen LogP contribution in [0, 0.1) is 6.92 Å². The fourth-order valence-electron chi connectivity index (χ4n) is 3.55. The summed E-state index contributed by atoms with van der Waals surface area (Å²) in [7, 11) is 1.30. The molecule has 0 bridgehead atoms. The van der Waals surface area contributed by atoms with E-state index in [9.17, 15) is 9.59 Å². The van der Waals surface area contributed by atoms with E-state index in [2.05, 4.69) is 14.7 Å². The van der Waals surface area contributed by atoms with Gasteiger partial charge in [-0.2, -0.15) is 0 Å². The normalized spacial score (nSPS) is 19.9. The topological polar surface area (TPSA) is 80.2 Å². The van der Waals surface area contributed by atoms with Crippen LogP contribution in [-0.4, -0.2) is 46.9 Å². The quantitative estimate of drug-likeness (QED) is 0.652. The average Bonchev–Trinajstić information content (AvgIpc) is 3.29. The highest BCUT2D eigenvalue weighted by atomic mass is 35.5. The zero-order valence-corrected chi connectivity index (χ0v) is 16.8. The molecule has 3 aromatic heterocycles. The van der Waals surface area contributed by atoms with Gasteiger partial charge < -0.3 is 19.2 Å². The van der Waals surface area contributed by atoms with Crippen molar-refractivity contribution >= 4 is 44.9 Å². The Labute approximate surface area is 168 Å². The summed E-state index contributed by atoms with van der Waals surface area (Å²) in [6, 6.07) is 1.17. The summed E-state index contributed by atoms with van der Waals surface area (Å²) in [5, 5.41) is 1.72. The second-order valence-corrected chi connectivity index (χ2v) is 8.08. The van der Waals surface area contributed by atoms with E-state index in [0.29, 0.717) is 44.6 Å². The van der Waals surface area contributed by atoms with Gasteiger partial charge in [0.15, 0.2) is 5.13 Å². The first-order valence-electron chi connectivity index (χ1n) is 8.72. The van der Waals surface area contributed by atoms with Gasteiger partial charge in [0.05, 0.1) is 30.9 Å². The summed E-state index contributed by atoms with van der Waals surface area (Å²) in [5.41, 5.74) is 0.821. The number of esters is 1. The first-order valence-corrected chi connectivity index (χ1v) is 9.92. The number of thiazole rings is 1. The summed E-state index contributed by atoms with van der Waals surface area (Å²) in [4.78, 5) is 33.8. The van der Waals surface area contributed by atoms with E-state index in [0.717, 1.165) is 0 Å². The van der Waals surface area contributed by atoms with Crippen LogP contribution in [-0.2, 0) is 4.74 Å². The Kier molecular flexibility index (Phi) is 4.88. The van der Waals surface area contributed by atoms with E-state index in [1.54, 1.807) is 24.1 Å². The number of hydrogen-bond acceptors (Lipinski definition) is 6. The number of nitrogens with zero attached hydrogens (tertiary/aromatic N) is 3. The molecule has 3 aromatic rings. The molecule has 1 aliphatic rings. The smallest absolute Gasteiger partial charge is 0.349 e. The highest BCUT2D eigenvalue weighted by Gasteiger charge is 2.33. The minimum absolute atomic E-state index is 0.0911. The van der Waals surface area contributed by atoms with Crippen LogP contribution in [0.15, 0.2) is 23.3 Å². The minimum Gasteiger partial charge on any atom is -0.465 e. The number of aromatic amines is 1. The van der Waals surface area contributed by atoms with Crippen LogP contribution in [0.4, 0.5) is 9.52 Å². The zero-order chi connectivity index (χ0) is 20.0. The molecule has 1 fully saturated rings. The summed E-state index contributed by atoms with van der Waals surface area (Å²) < 4.78 is 21.1. The number of rotatable bonds is 3. The number of H-pyrrole nitrogens is 1. The van der Waals surface area contributed by atoms with Crippen molar-refractivity contribution in [3.63, 3.8) is 0 Å². The standard InChI is InChI=1S/C18H18ClFN4O3S/c1-9-14(19)10-3-6-24(16(25)15(10)22-9)12-4-5-23(8-11(12)20)18-21-7-13(28-18)17(26)27-2/h3,6-7,11-12,22H,4-5,8H2,1-2H3. The third-order valence-corrected chi connectivity index (χ3v) is 6.54. The molecule has 1 aliphatic heterocycles. The summed E-state index contributed by atoms with van der Waals surface area (Å²) in [6.07, 6.45) is 2.21. The van der Waals surface area contributed by atoms with Crippen LogP contribution in [0.5, 0.6) is 0 Å². The number of hydrogen-bond donors (Lipinski definition) is 1. The van der Waals surface area contributed by atoms with Crippen LogP contribution >= 0.6 is 22.9 Å². The van der Waals surface area contributed by atoms with Crippen LogP contribution in [0.1, 0.15) is 27.8 Å². The molecule has 0 saturated carbocycles. The number of carbonyl (C=O) groups is 1. The number of pyridine rings is 1. The zero-order valence-electron chi connectivity index (χ0n) is 15.2. The van der Waals surface area contributed by atoms with Crippen molar-refractivity contribution in [2.45, 2.75) is 25.6 Å². The lowest BCUT2D eigenvalue weighted by Gasteiger charge is -2.35. The van der Waals surface area contributed by atoms with Crippen molar-refractivity contribution in [3.05, 3.63) is 44.4 Å². The highest BCUT2D eigenvalue weighted by molar-refractivity contribution is 7.17. The number of piperidine rings is 1. The van der Waals surface area contributed by atoms with Crippen molar-refractivity contribution in [1.82, 2.24) is 14.5 Å². The molecule has 148 valence electrons. The molecular formula is C18H18ClFN4O3S. The molecule has 0 radical (unpaired) electrons. The van der Waals surface area contributed by atoms with E-state index in [1.165, 1.54) is 29.2 Å². The number of anilines is 1. The third kappa shape index (κ3) is 3.08. The van der Waals surface area contributed by atoms with Gasteiger partial charge in [0.25, 0.3) is 5.56 Å². The van der Waals surface area contributed by atoms with Gasteiger partial charge in [-0.1, -0.05) is 22.9 Å². The molecule has 0 amide bonds. The van der Waals surface area contributed by atoms with E-state index in [1.807, 2.05) is 0 Å². The number of alkyl halides is 1. The predicted molar refractivity (Wildman–Crippen MR) is 107 cm³/mol. The van der Waals surface area contributed by atoms with Gasteiger partial charge in [0, 0.05) is 23.8 Å². The van der Waals surface area contributed by atoms with Crippen molar-refractivity contribution < 1.29 is 13.9 Å². The number of methoxy groups -OCH3 is 1. The minimum atomic E-state index is -1.26. The predicted octanol–water partition coefficient (Wildman–Crippen LogP) is 3.32. The van der Waals surface area contributed by atoms with Gasteiger partial charge in [-0.25, -0.2) is 14.2 Å². The first kappa shape index (κ1) is 18.9. The highest BCUT2D eigenvalue weighted by Crippen LogP contribution is 2.32. The molecular weight excluding hydrogens is 407 g/mol. The van der Waals surface area contributed by atoms with E-state index < -0.39 is 18.2 Å². The molecule has 10 heteroatoms. The third-order valence-electron chi connectivity index (χ3n) is 5.01. The van der Waals surface area contributed by atoms with Crippen molar-refractivity contribution in [2.24, 2.45) is 0 Å². The Morgan fingerprint density at radius 2 is 2.29 bits per heavy atom. The Morgan fingerprint density at radius 1 is 1.50 bits per heavy atom. The van der Waals surface area contributed by atoms with Crippen molar-refractivity contribution in [3.8, 4) is 0 Å². The van der Waals surface area contributed by atoms with Gasteiger partial charge in [-0.05, 0) is 19.4 Å². The number of carbonyl (C=O) groups excluding carboxylic acids is 1. The maximum Gasteiger partial charge on any atom is 0.349 e. The molecule has 2 atom stereocenters. The van der Waals surface area contributed by atoms with E-state index in [4.69, 9.17) is 11.6 Å². The average molecular weight is 425 g/mol. The lowest BCUT2D eigenvalue weighted by atomic mass is 10.0. The Balaban J connectivity index is 1.57. The second-order valence-electron chi connectivity index (χ2n) is 6.70. The Morgan fingerprint density at radius 3 is 3.00 bits per heavy atom. The SMILES string of the molecule is COC(=O)c1cnc(N2CCC(n3ccc4c(Cl)c(C)[nH]c4c3=O)C(F)C2)s1. The molecule has 28 heavy (non-hydrogen) atoms. The molecule has 0 aliphatic carbocycles. The van der Waals surface area contributed by atoms with Gasteiger partial charge in [0.1, 0.15) is 16.6 Å². The van der Waals surface area contributed by atoms with Crippen LogP contribution < -0.4 is 10.5 Å². The van der Waals surface area contributed by atoms with Gasteiger partial charge in [-0.15, -0.1) is 0 Å². The lowest BCUT2D eigenvalue weighted by Crippen LogP contribution is -2.45. The number of aryl methyl sites for hydroxylation is 1. The number of fused-ring (bicyclic) bond motifs is 1.